The van der Waals surface area contributed by atoms with Gasteiger partial charge in [0.15, 0.2) is 0 Å². The molecule has 0 aliphatic carbocycles. The number of nitrogens with zero attached hydrogens (tertiary/aromatic N) is 1. The van der Waals surface area contributed by atoms with Crippen LogP contribution >= 0.6 is 12.4 Å². The third-order valence-electron chi connectivity index (χ3n) is 6.76. The number of para-hydroxylation sites is 2. The molecule has 1 aliphatic rings. The molecule has 4 aromatic carbocycles. The predicted octanol–water partition coefficient (Wildman–Crippen LogP) is 7.83. The molecule has 2 atom stereocenters. The molecular weight excluding hydrogens is 458 g/mol. The van der Waals surface area contributed by atoms with Crippen LogP contribution < -0.4 is 9.64 Å². The summed E-state index contributed by atoms with van der Waals surface area (Å²) in [5.74, 6) is 0.397. The lowest BCUT2D eigenvalue weighted by atomic mass is 9.90. The Kier molecular flexibility index (Phi) is 7.62. The van der Waals surface area contributed by atoms with Crippen molar-refractivity contribution in [1.29, 1.82) is 0 Å². The van der Waals surface area contributed by atoms with Gasteiger partial charge in [0, 0.05) is 5.69 Å². The molecule has 0 aromatic heterocycles. The van der Waals surface area contributed by atoms with Gasteiger partial charge in [0.25, 0.3) is 0 Å². The Morgan fingerprint density at radius 2 is 1.74 bits per heavy atom. The summed E-state index contributed by atoms with van der Waals surface area (Å²) in [6.07, 6.45) is 3.13. The summed E-state index contributed by atoms with van der Waals surface area (Å²) < 4.78 is 6.36. The Morgan fingerprint density at radius 3 is 2.60 bits per heavy atom. The molecule has 0 fully saturated rings. The van der Waals surface area contributed by atoms with Crippen molar-refractivity contribution in [2.24, 2.45) is 0 Å². The molecule has 0 amide bonds. The van der Waals surface area contributed by atoms with E-state index in [1.807, 2.05) is 30.3 Å². The van der Waals surface area contributed by atoms with Crippen LogP contribution in [0.2, 0.25) is 0 Å². The minimum atomic E-state index is -0.914. The van der Waals surface area contributed by atoms with E-state index >= 15 is 0 Å². The first-order valence-electron chi connectivity index (χ1n) is 11.9. The van der Waals surface area contributed by atoms with E-state index in [0.29, 0.717) is 18.0 Å². The molecule has 0 bridgehead atoms. The minimum Gasteiger partial charge on any atom is -0.486 e. The quantitative estimate of drug-likeness (QED) is 0.288. The highest BCUT2D eigenvalue weighted by atomic mass is 35.5. The molecule has 4 aromatic rings. The molecule has 5 rings (SSSR count). The molecule has 1 unspecified atom stereocenters. The van der Waals surface area contributed by atoms with E-state index in [-0.39, 0.29) is 18.5 Å². The van der Waals surface area contributed by atoms with Crippen molar-refractivity contribution >= 4 is 40.5 Å². The van der Waals surface area contributed by atoms with Crippen LogP contribution in [0.15, 0.2) is 91.0 Å². The number of anilines is 2. The third kappa shape index (κ3) is 5.28. The van der Waals surface area contributed by atoms with Crippen molar-refractivity contribution in [2.75, 3.05) is 11.4 Å². The summed E-state index contributed by atoms with van der Waals surface area (Å²) in [5.41, 5.74) is 3.55. The standard InChI is InChI=1S/C30H29NO3.ClH/c1-21(26-16-8-11-22-10-2-3-15-27(22)26)9-6-14-25-20-31(28-17-4-5-18-29(28)34-25)24-13-7-12-23(19-24)30(32)33;/h2-5,7-8,10-13,15-19,21,25H,6,9,14,20H2,1H3,(H,32,33);1H/t21-,25?;/m0./s1. The molecular formula is C30H30ClNO3. The van der Waals surface area contributed by atoms with Crippen LogP contribution in [0.4, 0.5) is 11.4 Å². The number of aromatic carboxylic acids is 1. The molecule has 35 heavy (non-hydrogen) atoms. The summed E-state index contributed by atoms with van der Waals surface area (Å²) >= 11 is 0. The van der Waals surface area contributed by atoms with Crippen molar-refractivity contribution < 1.29 is 14.6 Å². The van der Waals surface area contributed by atoms with Crippen LogP contribution in [0.1, 0.15) is 48.0 Å². The average Bonchev–Trinajstić information content (AvgIpc) is 2.88. The van der Waals surface area contributed by atoms with Crippen molar-refractivity contribution in [2.45, 2.75) is 38.2 Å². The van der Waals surface area contributed by atoms with Crippen LogP contribution in [-0.2, 0) is 0 Å². The molecule has 1 heterocycles. The van der Waals surface area contributed by atoms with Crippen molar-refractivity contribution in [3.05, 3.63) is 102 Å². The zero-order valence-corrected chi connectivity index (χ0v) is 20.6. The second-order valence-corrected chi connectivity index (χ2v) is 9.07. The first-order chi connectivity index (χ1) is 16.6. The highest BCUT2D eigenvalue weighted by molar-refractivity contribution is 5.89. The van der Waals surface area contributed by atoms with Gasteiger partial charge < -0.3 is 14.7 Å². The molecule has 5 heteroatoms. The lowest BCUT2D eigenvalue weighted by molar-refractivity contribution is 0.0697. The number of benzene rings is 4. The van der Waals surface area contributed by atoms with Crippen LogP contribution in [0.3, 0.4) is 0 Å². The minimum absolute atomic E-state index is 0. The lowest BCUT2D eigenvalue weighted by Crippen LogP contribution is -2.37. The molecule has 180 valence electrons. The number of fused-ring (bicyclic) bond motifs is 2. The molecule has 1 N–H and O–H groups in total. The maximum Gasteiger partial charge on any atom is 0.335 e. The number of hydrogen-bond donors (Lipinski definition) is 1. The summed E-state index contributed by atoms with van der Waals surface area (Å²) in [5, 5.41) is 12.1. The van der Waals surface area contributed by atoms with Crippen molar-refractivity contribution in [3.8, 4) is 5.75 Å². The molecule has 0 saturated carbocycles. The predicted molar refractivity (Wildman–Crippen MR) is 145 cm³/mol. The Labute approximate surface area is 212 Å². The van der Waals surface area contributed by atoms with Gasteiger partial charge in [-0.15, -0.1) is 12.4 Å². The first kappa shape index (κ1) is 24.6. The van der Waals surface area contributed by atoms with Crippen LogP contribution in [0, 0.1) is 0 Å². The highest BCUT2D eigenvalue weighted by Crippen LogP contribution is 2.39. The molecule has 0 radical (unpaired) electrons. The van der Waals surface area contributed by atoms with Crippen molar-refractivity contribution in [1.82, 2.24) is 0 Å². The Bertz CT molecular complexity index is 1320. The van der Waals surface area contributed by atoms with Gasteiger partial charge in [-0.2, -0.15) is 0 Å². The van der Waals surface area contributed by atoms with Gasteiger partial charge in [-0.3, -0.25) is 0 Å². The van der Waals surface area contributed by atoms with Gasteiger partial charge in [0.1, 0.15) is 11.9 Å². The number of hydrogen-bond acceptors (Lipinski definition) is 3. The van der Waals surface area contributed by atoms with Gasteiger partial charge in [0.2, 0.25) is 0 Å². The van der Waals surface area contributed by atoms with Crippen LogP contribution in [0.25, 0.3) is 10.8 Å². The Balaban J connectivity index is 0.00000289. The number of ether oxygens (including phenoxy) is 1. The normalized spacial score (nSPS) is 15.6. The number of carboxylic acids is 1. The van der Waals surface area contributed by atoms with E-state index in [9.17, 15) is 9.90 Å². The van der Waals surface area contributed by atoms with E-state index in [2.05, 4.69) is 54.3 Å². The number of rotatable bonds is 7. The molecule has 1 aliphatic heterocycles. The van der Waals surface area contributed by atoms with Gasteiger partial charge in [-0.05, 0) is 71.8 Å². The fourth-order valence-electron chi connectivity index (χ4n) is 4.99. The highest BCUT2D eigenvalue weighted by Gasteiger charge is 2.27. The fraction of sp³-hybridized carbons (Fsp3) is 0.233. The van der Waals surface area contributed by atoms with Crippen molar-refractivity contribution in [3.63, 3.8) is 0 Å². The Hall–Kier alpha value is -3.50. The van der Waals surface area contributed by atoms with Gasteiger partial charge >= 0.3 is 5.97 Å². The van der Waals surface area contributed by atoms with Gasteiger partial charge in [-0.1, -0.05) is 67.6 Å². The van der Waals surface area contributed by atoms with E-state index in [4.69, 9.17) is 4.74 Å². The van der Waals surface area contributed by atoms with E-state index < -0.39 is 5.97 Å². The second-order valence-electron chi connectivity index (χ2n) is 9.07. The monoisotopic (exact) mass is 487 g/mol. The summed E-state index contributed by atoms with van der Waals surface area (Å²) in [4.78, 5) is 13.7. The molecule has 0 saturated heterocycles. The lowest BCUT2D eigenvalue weighted by Gasteiger charge is -2.36. The number of carboxylic acid groups (broad SMARTS) is 1. The third-order valence-corrected chi connectivity index (χ3v) is 6.76. The van der Waals surface area contributed by atoms with E-state index in [0.717, 1.165) is 36.4 Å². The summed E-state index contributed by atoms with van der Waals surface area (Å²) in [6, 6.07) is 30.3. The van der Waals surface area contributed by atoms with Crippen LogP contribution in [-0.4, -0.2) is 23.7 Å². The first-order valence-corrected chi connectivity index (χ1v) is 11.9. The second kappa shape index (κ2) is 10.8. The van der Waals surface area contributed by atoms with E-state index in [1.165, 1.54) is 16.3 Å². The smallest absolute Gasteiger partial charge is 0.335 e. The maximum atomic E-state index is 11.5. The topological polar surface area (TPSA) is 49.8 Å². The molecule has 4 nitrogen and oxygen atoms in total. The SMILES string of the molecule is C[C@@H](CCCC1CN(c2cccc(C(=O)O)c2)c2ccccc2O1)c1cccc2ccccc12.Cl. The molecule has 0 spiro atoms. The summed E-state index contributed by atoms with van der Waals surface area (Å²) in [6.45, 7) is 3.01. The Morgan fingerprint density at radius 1 is 1.00 bits per heavy atom. The number of carbonyl (C=O) groups is 1. The van der Waals surface area contributed by atoms with Gasteiger partial charge in [-0.25, -0.2) is 4.79 Å². The average molecular weight is 488 g/mol. The number of halogens is 1. The fourth-order valence-corrected chi connectivity index (χ4v) is 4.99. The van der Waals surface area contributed by atoms with Gasteiger partial charge in [0.05, 0.1) is 17.8 Å². The zero-order valence-electron chi connectivity index (χ0n) is 19.8. The zero-order chi connectivity index (χ0) is 23.5. The van der Waals surface area contributed by atoms with Crippen LogP contribution in [0.5, 0.6) is 5.75 Å². The largest absolute Gasteiger partial charge is 0.486 e. The summed E-state index contributed by atoms with van der Waals surface area (Å²) in [7, 11) is 0. The maximum absolute atomic E-state index is 11.5. The van der Waals surface area contributed by atoms with E-state index in [1.54, 1.807) is 18.2 Å².